The minimum atomic E-state index is -0.427. The molecule has 156 valence electrons. The summed E-state index contributed by atoms with van der Waals surface area (Å²) >= 11 is 0. The highest BCUT2D eigenvalue weighted by molar-refractivity contribution is 5.79. The molecule has 1 amide bonds. The first kappa shape index (κ1) is 21.7. The van der Waals surface area contributed by atoms with Gasteiger partial charge in [0.1, 0.15) is 11.6 Å². The average Bonchev–Trinajstić information content (AvgIpc) is 2.71. The first-order valence-corrected chi connectivity index (χ1v) is 10.0. The second-order valence-corrected chi connectivity index (χ2v) is 7.54. The number of aryl methyl sites for hydroxylation is 2. The number of rotatable bonds is 9. The molecule has 30 heavy (non-hydrogen) atoms. The molecule has 3 nitrogen and oxygen atoms in total. The van der Waals surface area contributed by atoms with Crippen molar-refractivity contribution >= 4 is 5.91 Å². The van der Waals surface area contributed by atoms with E-state index in [1.807, 2.05) is 18.2 Å². The zero-order valence-electron chi connectivity index (χ0n) is 17.0. The van der Waals surface area contributed by atoms with Gasteiger partial charge in [-0.15, -0.1) is 0 Å². The molecule has 0 radical (unpaired) electrons. The number of halogens is 2. The summed E-state index contributed by atoms with van der Waals surface area (Å²) in [4.78, 5) is 11.3. The number of carbonyl (C=O) groups is 1. The van der Waals surface area contributed by atoms with Crippen LogP contribution in [0.15, 0.2) is 66.7 Å². The van der Waals surface area contributed by atoms with E-state index in [4.69, 9.17) is 5.73 Å². The van der Waals surface area contributed by atoms with E-state index in [0.29, 0.717) is 19.4 Å². The molecule has 3 rings (SSSR count). The maximum Gasteiger partial charge on any atom is 0.234 e. The van der Waals surface area contributed by atoms with Crippen molar-refractivity contribution in [3.05, 3.63) is 106 Å². The third-order valence-electron chi connectivity index (χ3n) is 5.17. The van der Waals surface area contributed by atoms with Gasteiger partial charge in [0.25, 0.3) is 0 Å². The molecule has 1 atom stereocenters. The quantitative estimate of drug-likeness (QED) is 0.555. The summed E-state index contributed by atoms with van der Waals surface area (Å²) < 4.78 is 27.1. The van der Waals surface area contributed by atoms with Gasteiger partial charge in [0.15, 0.2) is 0 Å². The molecular formula is C25H26F2N2O. The Morgan fingerprint density at radius 3 is 2.20 bits per heavy atom. The van der Waals surface area contributed by atoms with Gasteiger partial charge < -0.3 is 11.1 Å². The smallest absolute Gasteiger partial charge is 0.234 e. The minimum absolute atomic E-state index is 0.238. The first-order chi connectivity index (χ1) is 14.4. The number of nitrogens with one attached hydrogen (secondary N) is 1. The van der Waals surface area contributed by atoms with Gasteiger partial charge in [-0.25, -0.2) is 8.78 Å². The Kier molecular flexibility index (Phi) is 7.31. The lowest BCUT2D eigenvalue weighted by Gasteiger charge is -2.15. The summed E-state index contributed by atoms with van der Waals surface area (Å²) in [7, 11) is 0. The fourth-order valence-corrected chi connectivity index (χ4v) is 3.41. The molecule has 0 aliphatic rings. The molecule has 0 aromatic heterocycles. The van der Waals surface area contributed by atoms with Crippen molar-refractivity contribution in [2.45, 2.75) is 38.8 Å². The van der Waals surface area contributed by atoms with Crippen LogP contribution in [0, 0.1) is 11.6 Å². The van der Waals surface area contributed by atoms with E-state index in [2.05, 4.69) is 17.4 Å². The Hall–Kier alpha value is -3.05. The van der Waals surface area contributed by atoms with E-state index in [1.54, 1.807) is 25.1 Å². The maximum absolute atomic E-state index is 13.7. The van der Waals surface area contributed by atoms with E-state index in [0.717, 1.165) is 34.2 Å². The third kappa shape index (κ3) is 6.22. The second-order valence-electron chi connectivity index (χ2n) is 7.54. The number of hydrogen-bond acceptors (Lipinski definition) is 2. The van der Waals surface area contributed by atoms with E-state index < -0.39 is 11.9 Å². The Balaban J connectivity index is 1.81. The number of amides is 1. The van der Waals surface area contributed by atoms with Crippen molar-refractivity contribution in [2.24, 2.45) is 5.73 Å². The topological polar surface area (TPSA) is 55.1 Å². The monoisotopic (exact) mass is 408 g/mol. The highest BCUT2D eigenvalue weighted by Gasteiger charge is 2.10. The van der Waals surface area contributed by atoms with Crippen LogP contribution in [0.3, 0.4) is 0 Å². The fourth-order valence-electron chi connectivity index (χ4n) is 3.41. The molecule has 3 aromatic rings. The van der Waals surface area contributed by atoms with Gasteiger partial charge in [0, 0.05) is 6.54 Å². The molecule has 0 aliphatic carbocycles. The summed E-state index contributed by atoms with van der Waals surface area (Å²) in [6, 6.07) is 18.9. The first-order valence-electron chi connectivity index (χ1n) is 10.0. The minimum Gasteiger partial charge on any atom is -0.368 e. The Bertz CT molecular complexity index is 1020. The van der Waals surface area contributed by atoms with Crippen molar-refractivity contribution in [1.82, 2.24) is 5.32 Å². The lowest BCUT2D eigenvalue weighted by atomic mass is 9.93. The van der Waals surface area contributed by atoms with Crippen LogP contribution < -0.4 is 11.1 Å². The molecule has 0 saturated heterocycles. The van der Waals surface area contributed by atoms with Crippen molar-refractivity contribution in [2.75, 3.05) is 0 Å². The molecule has 3 aromatic carbocycles. The normalized spacial score (nSPS) is 12.0. The SMILES string of the molecule is CC(NCc1ccc(CCc2cccc(F)c2)c(Cc2cccc(F)c2)c1)C(N)=O. The largest absolute Gasteiger partial charge is 0.368 e. The zero-order chi connectivity index (χ0) is 21.5. The van der Waals surface area contributed by atoms with Gasteiger partial charge in [-0.05, 0) is 78.3 Å². The number of carbonyl (C=O) groups excluding carboxylic acids is 1. The van der Waals surface area contributed by atoms with Gasteiger partial charge in [-0.1, -0.05) is 42.5 Å². The zero-order valence-corrected chi connectivity index (χ0v) is 17.0. The van der Waals surface area contributed by atoms with E-state index >= 15 is 0 Å². The molecule has 3 N–H and O–H groups in total. The number of primary amides is 1. The lowest BCUT2D eigenvalue weighted by molar-refractivity contribution is -0.119. The van der Waals surface area contributed by atoms with Gasteiger partial charge >= 0.3 is 0 Å². The average molecular weight is 408 g/mol. The summed E-state index contributed by atoms with van der Waals surface area (Å²) in [6.45, 7) is 2.23. The second kappa shape index (κ2) is 10.1. The maximum atomic E-state index is 13.7. The van der Waals surface area contributed by atoms with Crippen LogP contribution in [0.5, 0.6) is 0 Å². The highest BCUT2D eigenvalue weighted by Crippen LogP contribution is 2.20. The van der Waals surface area contributed by atoms with E-state index in [1.165, 1.54) is 18.2 Å². The molecular weight excluding hydrogens is 382 g/mol. The highest BCUT2D eigenvalue weighted by atomic mass is 19.1. The number of benzene rings is 3. The Morgan fingerprint density at radius 2 is 1.53 bits per heavy atom. The van der Waals surface area contributed by atoms with Gasteiger partial charge in [-0.2, -0.15) is 0 Å². The van der Waals surface area contributed by atoms with Crippen LogP contribution in [0.25, 0.3) is 0 Å². The van der Waals surface area contributed by atoms with Crippen LogP contribution in [0.2, 0.25) is 0 Å². The van der Waals surface area contributed by atoms with E-state index in [9.17, 15) is 13.6 Å². The Morgan fingerprint density at radius 1 is 0.867 bits per heavy atom. The number of nitrogens with two attached hydrogens (primary N) is 1. The molecule has 0 bridgehead atoms. The van der Waals surface area contributed by atoms with E-state index in [-0.39, 0.29) is 11.6 Å². The third-order valence-corrected chi connectivity index (χ3v) is 5.17. The molecule has 0 heterocycles. The molecule has 0 aliphatic heterocycles. The molecule has 0 spiro atoms. The van der Waals surface area contributed by atoms with Crippen LogP contribution in [-0.2, 0) is 30.6 Å². The molecule has 1 unspecified atom stereocenters. The van der Waals surface area contributed by atoms with Gasteiger partial charge in [0.2, 0.25) is 5.91 Å². The van der Waals surface area contributed by atoms with Gasteiger partial charge in [0.05, 0.1) is 6.04 Å². The van der Waals surface area contributed by atoms with Crippen molar-refractivity contribution in [3.8, 4) is 0 Å². The van der Waals surface area contributed by atoms with Crippen molar-refractivity contribution in [1.29, 1.82) is 0 Å². The molecule has 0 saturated carbocycles. The summed E-state index contributed by atoms with van der Waals surface area (Å²) in [5.41, 5.74) is 10.4. The van der Waals surface area contributed by atoms with Crippen LogP contribution in [0.4, 0.5) is 8.78 Å². The van der Waals surface area contributed by atoms with Crippen molar-refractivity contribution < 1.29 is 13.6 Å². The van der Waals surface area contributed by atoms with Crippen LogP contribution in [-0.4, -0.2) is 11.9 Å². The van der Waals surface area contributed by atoms with Crippen LogP contribution >= 0.6 is 0 Å². The standard InChI is InChI=1S/C25H26F2N2O/c1-17(25(28)30)29-16-20-9-11-21(10-8-18-4-2-6-23(26)14-18)22(13-20)12-19-5-3-7-24(27)15-19/h2-7,9,11,13-15,17,29H,8,10,12,16H2,1H3,(H2,28,30). The number of hydrogen-bond donors (Lipinski definition) is 2. The molecule has 0 fully saturated rings. The lowest BCUT2D eigenvalue weighted by Crippen LogP contribution is -2.38. The predicted octanol–water partition coefficient (Wildman–Crippen LogP) is 4.30. The molecule has 5 heteroatoms. The summed E-state index contributed by atoms with van der Waals surface area (Å²) in [5.74, 6) is -0.902. The predicted molar refractivity (Wildman–Crippen MR) is 115 cm³/mol. The fraction of sp³-hybridized carbons (Fsp3) is 0.240. The Labute approximate surface area is 175 Å². The van der Waals surface area contributed by atoms with Gasteiger partial charge in [-0.3, -0.25) is 4.79 Å². The van der Waals surface area contributed by atoms with Crippen molar-refractivity contribution in [3.63, 3.8) is 0 Å². The van der Waals surface area contributed by atoms with Crippen LogP contribution in [0.1, 0.15) is 34.7 Å². The summed E-state index contributed by atoms with van der Waals surface area (Å²) in [5, 5.41) is 3.11. The summed E-state index contributed by atoms with van der Waals surface area (Å²) in [6.07, 6.45) is 2.05.